The molecule has 0 N–H and O–H groups in total. The molecule has 0 saturated heterocycles. The van der Waals surface area contributed by atoms with E-state index in [-0.39, 0.29) is 11.3 Å². The fourth-order valence-corrected chi connectivity index (χ4v) is 4.96. The zero-order valence-electron chi connectivity index (χ0n) is 20.7. The molecule has 0 aromatic heterocycles. The SMILES string of the molecule is CCCC1CCC(c2ccc(-c3ccc(OC(F)(F)COc4ccc(C)c(F)c4F)cc3)cc2)CC1. The van der Waals surface area contributed by atoms with Crippen LogP contribution in [0.4, 0.5) is 17.6 Å². The monoisotopic (exact) mass is 500 g/mol. The first-order valence-corrected chi connectivity index (χ1v) is 12.6. The first kappa shape index (κ1) is 26.1. The van der Waals surface area contributed by atoms with Crippen LogP contribution in [0.3, 0.4) is 0 Å². The van der Waals surface area contributed by atoms with Gasteiger partial charge in [-0.05, 0) is 84.9 Å². The number of halogens is 4. The first-order chi connectivity index (χ1) is 17.3. The van der Waals surface area contributed by atoms with Crippen LogP contribution >= 0.6 is 0 Å². The maximum atomic E-state index is 14.3. The number of hydrogen-bond donors (Lipinski definition) is 0. The van der Waals surface area contributed by atoms with E-state index in [0.717, 1.165) is 23.1 Å². The van der Waals surface area contributed by atoms with E-state index in [2.05, 4.69) is 31.2 Å². The van der Waals surface area contributed by atoms with Crippen molar-refractivity contribution in [2.75, 3.05) is 6.61 Å². The maximum Gasteiger partial charge on any atom is 0.432 e. The number of rotatable bonds is 9. The molecule has 1 fully saturated rings. The van der Waals surface area contributed by atoms with Gasteiger partial charge in [0, 0.05) is 0 Å². The number of ether oxygens (including phenoxy) is 2. The summed E-state index contributed by atoms with van der Waals surface area (Å²) in [4.78, 5) is 0. The smallest absolute Gasteiger partial charge is 0.432 e. The van der Waals surface area contributed by atoms with Crippen LogP contribution in [0.1, 0.15) is 62.5 Å². The molecule has 0 atom stereocenters. The van der Waals surface area contributed by atoms with Gasteiger partial charge in [0.05, 0.1) is 0 Å². The van der Waals surface area contributed by atoms with Gasteiger partial charge in [-0.1, -0.05) is 62.2 Å². The summed E-state index contributed by atoms with van der Waals surface area (Å²) in [6, 6.07) is 17.2. The number of alkyl halides is 2. The quantitative estimate of drug-likeness (QED) is 0.273. The van der Waals surface area contributed by atoms with Crippen LogP contribution in [0.25, 0.3) is 11.1 Å². The molecule has 3 aromatic rings. The Bertz CT molecular complexity index is 1130. The largest absolute Gasteiger partial charge is 0.480 e. The van der Waals surface area contributed by atoms with E-state index >= 15 is 0 Å². The molecule has 0 heterocycles. The average molecular weight is 501 g/mol. The normalized spacial score (nSPS) is 18.2. The van der Waals surface area contributed by atoms with E-state index in [0.29, 0.717) is 5.92 Å². The van der Waals surface area contributed by atoms with Crippen LogP contribution in [-0.2, 0) is 0 Å². The molecule has 1 aliphatic carbocycles. The lowest BCUT2D eigenvalue weighted by Crippen LogP contribution is -2.32. The lowest BCUT2D eigenvalue weighted by atomic mass is 9.77. The highest BCUT2D eigenvalue weighted by Crippen LogP contribution is 2.38. The molecule has 0 spiro atoms. The highest BCUT2D eigenvalue weighted by atomic mass is 19.3. The van der Waals surface area contributed by atoms with E-state index in [1.165, 1.54) is 69.2 Å². The van der Waals surface area contributed by atoms with Gasteiger partial charge < -0.3 is 9.47 Å². The molecule has 192 valence electrons. The summed E-state index contributed by atoms with van der Waals surface area (Å²) in [7, 11) is 0. The molecule has 0 amide bonds. The first-order valence-electron chi connectivity index (χ1n) is 12.6. The summed E-state index contributed by atoms with van der Waals surface area (Å²) >= 11 is 0. The maximum absolute atomic E-state index is 14.3. The number of aryl methyl sites for hydroxylation is 1. The minimum atomic E-state index is -3.73. The minimum absolute atomic E-state index is 0.0524. The van der Waals surface area contributed by atoms with E-state index in [1.54, 1.807) is 12.1 Å². The Balaban J connectivity index is 1.33. The standard InChI is InChI=1S/C30H32F4O2/c1-3-4-21-6-8-22(9-7-21)23-10-12-24(13-11-23)25-14-16-26(17-15-25)36-30(33,34)19-35-27-18-5-20(2)28(31)29(27)32/h5,10-18,21-22H,3-4,6-9,19H2,1-2H3. The third-order valence-corrected chi connectivity index (χ3v) is 7.02. The minimum Gasteiger partial charge on any atom is -0.480 e. The third-order valence-electron chi connectivity index (χ3n) is 7.02. The van der Waals surface area contributed by atoms with Gasteiger partial charge in [0.1, 0.15) is 5.75 Å². The Morgan fingerprint density at radius 2 is 1.42 bits per heavy atom. The number of benzene rings is 3. The van der Waals surface area contributed by atoms with Crippen LogP contribution in [0.2, 0.25) is 0 Å². The fourth-order valence-electron chi connectivity index (χ4n) is 4.96. The van der Waals surface area contributed by atoms with E-state index in [9.17, 15) is 17.6 Å². The highest BCUT2D eigenvalue weighted by molar-refractivity contribution is 5.64. The predicted octanol–water partition coefficient (Wildman–Crippen LogP) is 9.06. The van der Waals surface area contributed by atoms with Crippen LogP contribution in [0.5, 0.6) is 11.5 Å². The summed E-state index contributed by atoms with van der Waals surface area (Å²) in [5.74, 6) is -1.59. The van der Waals surface area contributed by atoms with E-state index in [4.69, 9.17) is 9.47 Å². The molecule has 3 aromatic carbocycles. The summed E-state index contributed by atoms with van der Waals surface area (Å²) in [5.41, 5.74) is 3.31. The van der Waals surface area contributed by atoms with Gasteiger partial charge in [0.15, 0.2) is 18.2 Å². The van der Waals surface area contributed by atoms with Gasteiger partial charge in [0.25, 0.3) is 0 Å². The zero-order chi connectivity index (χ0) is 25.7. The van der Waals surface area contributed by atoms with Crippen molar-refractivity contribution in [3.05, 3.63) is 83.4 Å². The van der Waals surface area contributed by atoms with Crippen molar-refractivity contribution in [1.29, 1.82) is 0 Å². The van der Waals surface area contributed by atoms with Gasteiger partial charge in [-0.25, -0.2) is 4.39 Å². The summed E-state index contributed by atoms with van der Waals surface area (Å²) < 4.78 is 65.5. The molecule has 0 bridgehead atoms. The summed E-state index contributed by atoms with van der Waals surface area (Å²) in [6.45, 7) is 2.37. The van der Waals surface area contributed by atoms with Crippen molar-refractivity contribution in [3.63, 3.8) is 0 Å². The van der Waals surface area contributed by atoms with E-state index in [1.807, 2.05) is 0 Å². The summed E-state index contributed by atoms with van der Waals surface area (Å²) in [6.07, 6.45) is 3.93. The van der Waals surface area contributed by atoms with Crippen molar-refractivity contribution in [1.82, 2.24) is 0 Å². The Kier molecular flexibility index (Phi) is 8.22. The molecule has 1 aliphatic rings. The molecule has 0 radical (unpaired) electrons. The Morgan fingerprint density at radius 3 is 2.03 bits per heavy atom. The predicted molar refractivity (Wildman–Crippen MR) is 134 cm³/mol. The second kappa shape index (κ2) is 11.4. The molecular formula is C30H32F4O2. The van der Waals surface area contributed by atoms with Gasteiger partial charge in [-0.15, -0.1) is 0 Å². The van der Waals surface area contributed by atoms with Crippen molar-refractivity contribution in [3.8, 4) is 22.6 Å². The number of hydrogen-bond acceptors (Lipinski definition) is 2. The Labute approximate surface area is 210 Å². The fraction of sp³-hybridized carbons (Fsp3) is 0.400. The van der Waals surface area contributed by atoms with Crippen LogP contribution < -0.4 is 9.47 Å². The van der Waals surface area contributed by atoms with E-state index < -0.39 is 30.1 Å². The van der Waals surface area contributed by atoms with Crippen LogP contribution in [-0.4, -0.2) is 12.7 Å². The second-order valence-corrected chi connectivity index (χ2v) is 9.69. The topological polar surface area (TPSA) is 18.5 Å². The van der Waals surface area contributed by atoms with Crippen molar-refractivity contribution in [2.24, 2.45) is 5.92 Å². The van der Waals surface area contributed by atoms with Gasteiger partial charge in [-0.2, -0.15) is 13.2 Å². The van der Waals surface area contributed by atoms with Gasteiger partial charge >= 0.3 is 6.11 Å². The molecule has 4 rings (SSSR count). The lowest BCUT2D eigenvalue weighted by Gasteiger charge is -2.28. The lowest BCUT2D eigenvalue weighted by molar-refractivity contribution is -0.195. The second-order valence-electron chi connectivity index (χ2n) is 9.69. The van der Waals surface area contributed by atoms with Gasteiger partial charge in [0.2, 0.25) is 5.82 Å². The summed E-state index contributed by atoms with van der Waals surface area (Å²) in [5, 5.41) is 0. The molecule has 6 heteroatoms. The average Bonchev–Trinajstić information content (AvgIpc) is 2.88. The van der Waals surface area contributed by atoms with Gasteiger partial charge in [-0.3, -0.25) is 0 Å². The highest BCUT2D eigenvalue weighted by Gasteiger charge is 2.34. The Hall–Kier alpha value is -3.02. The molecule has 36 heavy (non-hydrogen) atoms. The Morgan fingerprint density at radius 1 is 0.806 bits per heavy atom. The van der Waals surface area contributed by atoms with Crippen LogP contribution in [0.15, 0.2) is 60.7 Å². The van der Waals surface area contributed by atoms with Crippen molar-refractivity contribution >= 4 is 0 Å². The molecular weight excluding hydrogens is 468 g/mol. The molecule has 2 nitrogen and oxygen atoms in total. The molecule has 1 saturated carbocycles. The molecule has 0 aliphatic heterocycles. The zero-order valence-corrected chi connectivity index (χ0v) is 20.7. The molecule has 0 unspecified atom stereocenters. The van der Waals surface area contributed by atoms with Crippen molar-refractivity contribution < 1.29 is 27.0 Å². The van der Waals surface area contributed by atoms with Crippen LogP contribution in [0, 0.1) is 24.5 Å². The third kappa shape index (κ3) is 6.40. The van der Waals surface area contributed by atoms with Crippen molar-refractivity contribution in [2.45, 2.75) is 64.4 Å².